The van der Waals surface area contributed by atoms with Crippen molar-refractivity contribution in [2.45, 2.75) is 6.92 Å². The Hall–Kier alpha value is -2.77. The first-order valence-corrected chi connectivity index (χ1v) is 7.57. The summed E-state index contributed by atoms with van der Waals surface area (Å²) in [5.41, 5.74) is 2.51. The zero-order valence-corrected chi connectivity index (χ0v) is 13.1. The summed E-state index contributed by atoms with van der Waals surface area (Å²) in [4.78, 5) is 11.8. The molecule has 2 N–H and O–H groups in total. The molecule has 0 bridgehead atoms. The topological polar surface area (TPSA) is 50.4 Å². The van der Waals surface area contributed by atoms with Gasteiger partial charge in [0.25, 0.3) is 0 Å². The Morgan fingerprint density at radius 1 is 1.04 bits per heavy atom. The Kier molecular flexibility index (Phi) is 6.70. The van der Waals surface area contributed by atoms with E-state index in [0.717, 1.165) is 11.1 Å². The van der Waals surface area contributed by atoms with Gasteiger partial charge in [0.1, 0.15) is 0 Å². The molecule has 4 nitrogen and oxygen atoms in total. The Morgan fingerprint density at radius 3 is 2.57 bits per heavy atom. The van der Waals surface area contributed by atoms with Crippen molar-refractivity contribution in [3.05, 3.63) is 65.7 Å². The molecule has 0 radical (unpaired) electrons. The molecule has 0 unspecified atom stereocenters. The van der Waals surface area contributed by atoms with Gasteiger partial charge < -0.3 is 15.4 Å². The lowest BCUT2D eigenvalue weighted by Crippen LogP contribution is -2.31. The van der Waals surface area contributed by atoms with Crippen molar-refractivity contribution in [3.8, 4) is 11.8 Å². The molecule has 0 saturated heterocycles. The Bertz CT molecular complexity index is 687. The average molecular weight is 308 g/mol. The van der Waals surface area contributed by atoms with Crippen LogP contribution in [0.15, 0.2) is 54.6 Å². The van der Waals surface area contributed by atoms with Crippen molar-refractivity contribution >= 4 is 11.7 Å². The summed E-state index contributed by atoms with van der Waals surface area (Å²) in [6, 6.07) is 17.0. The molecule has 2 aromatic rings. The molecular weight excluding hydrogens is 288 g/mol. The molecule has 4 heteroatoms. The van der Waals surface area contributed by atoms with E-state index in [0.29, 0.717) is 25.4 Å². The predicted molar refractivity (Wildman–Crippen MR) is 92.4 cm³/mol. The zero-order valence-electron chi connectivity index (χ0n) is 13.1. The fraction of sp³-hybridized carbons (Fsp3) is 0.211. The van der Waals surface area contributed by atoms with Crippen molar-refractivity contribution in [2.24, 2.45) is 0 Å². The third-order valence-corrected chi connectivity index (χ3v) is 2.98. The van der Waals surface area contributed by atoms with E-state index in [1.54, 1.807) is 0 Å². The van der Waals surface area contributed by atoms with Crippen LogP contribution in [-0.4, -0.2) is 25.8 Å². The number of ether oxygens (including phenoxy) is 1. The van der Waals surface area contributed by atoms with E-state index >= 15 is 0 Å². The van der Waals surface area contributed by atoms with Crippen LogP contribution in [0.25, 0.3) is 0 Å². The third kappa shape index (κ3) is 6.25. The predicted octanol–water partition coefficient (Wildman–Crippen LogP) is 3.24. The van der Waals surface area contributed by atoms with E-state index < -0.39 is 0 Å². The SMILES string of the molecule is CCOCCNC(=O)Nc1cccc(C#Cc2ccccc2)c1. The lowest BCUT2D eigenvalue weighted by molar-refractivity contribution is 0.150. The second kappa shape index (κ2) is 9.29. The number of carbonyl (C=O) groups excluding carboxylic acids is 1. The molecule has 0 aliphatic rings. The number of hydrogen-bond acceptors (Lipinski definition) is 2. The Morgan fingerprint density at radius 2 is 1.78 bits per heavy atom. The van der Waals surface area contributed by atoms with E-state index in [1.165, 1.54) is 0 Å². The van der Waals surface area contributed by atoms with Gasteiger partial charge >= 0.3 is 6.03 Å². The summed E-state index contributed by atoms with van der Waals surface area (Å²) in [6.45, 7) is 3.55. The van der Waals surface area contributed by atoms with Gasteiger partial charge in [-0.05, 0) is 37.3 Å². The van der Waals surface area contributed by atoms with Gasteiger partial charge in [0.2, 0.25) is 0 Å². The number of benzene rings is 2. The second-order valence-corrected chi connectivity index (χ2v) is 4.77. The number of nitrogens with one attached hydrogen (secondary N) is 2. The molecular formula is C19H20N2O2. The van der Waals surface area contributed by atoms with Crippen LogP contribution in [0.2, 0.25) is 0 Å². The molecule has 0 aliphatic heterocycles. The van der Waals surface area contributed by atoms with Gasteiger partial charge in [-0.25, -0.2) is 4.79 Å². The molecule has 2 amide bonds. The minimum Gasteiger partial charge on any atom is -0.380 e. The summed E-state index contributed by atoms with van der Waals surface area (Å²) in [6.07, 6.45) is 0. The highest BCUT2D eigenvalue weighted by Crippen LogP contribution is 2.09. The summed E-state index contributed by atoms with van der Waals surface area (Å²) in [5, 5.41) is 5.52. The molecule has 0 aromatic heterocycles. The van der Waals surface area contributed by atoms with Gasteiger partial charge in [-0.1, -0.05) is 36.1 Å². The highest BCUT2D eigenvalue weighted by Gasteiger charge is 2.01. The molecule has 0 spiro atoms. The maximum atomic E-state index is 11.8. The van der Waals surface area contributed by atoms with Crippen molar-refractivity contribution < 1.29 is 9.53 Å². The minimum absolute atomic E-state index is 0.252. The monoisotopic (exact) mass is 308 g/mol. The maximum absolute atomic E-state index is 11.8. The standard InChI is InChI=1S/C19H20N2O2/c1-2-23-14-13-20-19(22)21-18-10-6-9-17(15-18)12-11-16-7-4-3-5-8-16/h3-10,15H,2,13-14H2,1H3,(H2,20,21,22). The van der Waals surface area contributed by atoms with Crippen LogP contribution in [0.1, 0.15) is 18.1 Å². The van der Waals surface area contributed by atoms with Gasteiger partial charge in [-0.3, -0.25) is 0 Å². The molecule has 118 valence electrons. The van der Waals surface area contributed by atoms with Crippen molar-refractivity contribution in [1.29, 1.82) is 0 Å². The molecule has 2 rings (SSSR count). The fourth-order valence-corrected chi connectivity index (χ4v) is 1.90. The second-order valence-electron chi connectivity index (χ2n) is 4.77. The van der Waals surface area contributed by atoms with Crippen molar-refractivity contribution in [3.63, 3.8) is 0 Å². The van der Waals surface area contributed by atoms with E-state index in [1.807, 2.05) is 61.5 Å². The molecule has 23 heavy (non-hydrogen) atoms. The number of urea groups is 1. The molecule has 0 saturated carbocycles. The number of rotatable bonds is 5. The summed E-state index contributed by atoms with van der Waals surface area (Å²) in [5.74, 6) is 6.19. The van der Waals surface area contributed by atoms with Crippen LogP contribution in [-0.2, 0) is 4.74 Å². The van der Waals surface area contributed by atoms with E-state index in [9.17, 15) is 4.79 Å². The molecule has 2 aromatic carbocycles. The van der Waals surface area contributed by atoms with Gasteiger partial charge in [0, 0.05) is 30.0 Å². The summed E-state index contributed by atoms with van der Waals surface area (Å²) < 4.78 is 5.17. The van der Waals surface area contributed by atoms with Gasteiger partial charge in [0.05, 0.1) is 6.61 Å². The van der Waals surface area contributed by atoms with E-state index in [4.69, 9.17) is 4.74 Å². The number of anilines is 1. The number of amides is 2. The number of hydrogen-bond donors (Lipinski definition) is 2. The largest absolute Gasteiger partial charge is 0.380 e. The zero-order chi connectivity index (χ0) is 16.3. The van der Waals surface area contributed by atoms with Gasteiger partial charge in [0.15, 0.2) is 0 Å². The van der Waals surface area contributed by atoms with Crippen molar-refractivity contribution in [2.75, 3.05) is 25.1 Å². The highest BCUT2D eigenvalue weighted by atomic mass is 16.5. The first kappa shape index (κ1) is 16.6. The normalized spacial score (nSPS) is 9.61. The fourth-order valence-electron chi connectivity index (χ4n) is 1.90. The molecule has 0 fully saturated rings. The van der Waals surface area contributed by atoms with Crippen molar-refractivity contribution in [1.82, 2.24) is 5.32 Å². The summed E-state index contributed by atoms with van der Waals surface area (Å²) >= 11 is 0. The van der Waals surface area contributed by atoms with Crippen LogP contribution in [0.3, 0.4) is 0 Å². The highest BCUT2D eigenvalue weighted by molar-refractivity contribution is 5.89. The Labute approximate surface area is 136 Å². The van der Waals surface area contributed by atoms with E-state index in [-0.39, 0.29) is 6.03 Å². The quantitative estimate of drug-likeness (QED) is 0.658. The van der Waals surface area contributed by atoms with Gasteiger partial charge in [-0.15, -0.1) is 0 Å². The van der Waals surface area contributed by atoms with Crippen LogP contribution in [0, 0.1) is 11.8 Å². The first-order valence-electron chi connectivity index (χ1n) is 7.57. The van der Waals surface area contributed by atoms with E-state index in [2.05, 4.69) is 22.5 Å². The van der Waals surface area contributed by atoms with Gasteiger partial charge in [-0.2, -0.15) is 0 Å². The minimum atomic E-state index is -0.252. The molecule has 0 heterocycles. The molecule has 0 aliphatic carbocycles. The lowest BCUT2D eigenvalue weighted by atomic mass is 10.1. The average Bonchev–Trinajstić information content (AvgIpc) is 2.58. The lowest BCUT2D eigenvalue weighted by Gasteiger charge is -2.07. The van der Waals surface area contributed by atoms with Crippen LogP contribution in [0.5, 0.6) is 0 Å². The smallest absolute Gasteiger partial charge is 0.319 e. The maximum Gasteiger partial charge on any atom is 0.319 e. The third-order valence-electron chi connectivity index (χ3n) is 2.98. The summed E-state index contributed by atoms with van der Waals surface area (Å²) in [7, 11) is 0. The Balaban J connectivity index is 1.92. The van der Waals surface area contributed by atoms with Crippen LogP contribution >= 0.6 is 0 Å². The van der Waals surface area contributed by atoms with Crippen LogP contribution < -0.4 is 10.6 Å². The molecule has 0 atom stereocenters. The van der Waals surface area contributed by atoms with Crippen LogP contribution in [0.4, 0.5) is 10.5 Å². The number of carbonyl (C=O) groups is 1. The first-order chi connectivity index (χ1) is 11.3.